The van der Waals surface area contributed by atoms with Gasteiger partial charge in [-0.15, -0.1) is 0 Å². The fourth-order valence-corrected chi connectivity index (χ4v) is 6.35. The summed E-state index contributed by atoms with van der Waals surface area (Å²) < 4.78 is 78.4. The average molecular weight is 541 g/mol. The van der Waals surface area contributed by atoms with Crippen LogP contribution in [0.5, 0.6) is 5.75 Å². The number of benzene rings is 1. The van der Waals surface area contributed by atoms with Crippen molar-refractivity contribution in [2.24, 2.45) is 5.92 Å². The number of anilines is 1. The number of allylic oxidation sites excluding steroid dienone is 3. The normalized spacial score (nSPS) is 23.5. The van der Waals surface area contributed by atoms with E-state index in [0.717, 1.165) is 17.1 Å². The zero-order chi connectivity index (χ0) is 25.9. The molecule has 1 saturated heterocycles. The van der Waals surface area contributed by atoms with Crippen LogP contribution in [-0.4, -0.2) is 48.0 Å². The molecule has 36 heavy (non-hydrogen) atoms. The standard InChI is InChI=1S/C24H27F3N4O3S2/c1-3-4-5-6-16(2)21-13-17(24(25,26)27)9-11-31(21)20-10-12-34-22-14-18(7-8-19(20)22)36(32,33)30-23-28-15-29-35-23/h3-8,14-15,17,20-21H,2,9-13H2,1H3,(H,28,29,30)/b4-3-,6-5-/t17-,20-,21+/m0/s1. The minimum atomic E-state index is -4.27. The van der Waals surface area contributed by atoms with E-state index in [2.05, 4.69) is 25.6 Å². The van der Waals surface area contributed by atoms with Crippen molar-refractivity contribution in [2.75, 3.05) is 17.9 Å². The lowest BCUT2D eigenvalue weighted by Crippen LogP contribution is -2.49. The first-order chi connectivity index (χ1) is 17.1. The van der Waals surface area contributed by atoms with E-state index < -0.39 is 28.2 Å². The van der Waals surface area contributed by atoms with E-state index in [1.807, 2.05) is 13.0 Å². The van der Waals surface area contributed by atoms with Gasteiger partial charge in [-0.3, -0.25) is 9.62 Å². The second kappa shape index (κ2) is 10.7. The number of piperidine rings is 1. The third-order valence-electron chi connectivity index (χ3n) is 6.44. The Kier molecular flexibility index (Phi) is 7.86. The molecule has 1 aromatic heterocycles. The Hall–Kier alpha value is -2.70. The zero-order valence-corrected chi connectivity index (χ0v) is 21.2. The van der Waals surface area contributed by atoms with Crippen molar-refractivity contribution in [3.63, 3.8) is 0 Å². The highest BCUT2D eigenvalue weighted by molar-refractivity contribution is 7.93. The molecule has 0 unspecified atom stereocenters. The number of nitrogens with zero attached hydrogens (tertiary/aromatic N) is 3. The lowest BCUT2D eigenvalue weighted by atomic mass is 9.84. The van der Waals surface area contributed by atoms with Gasteiger partial charge in [0, 0.05) is 41.7 Å². The smallest absolute Gasteiger partial charge is 0.391 e. The Morgan fingerprint density at radius 2 is 2.11 bits per heavy atom. The lowest BCUT2D eigenvalue weighted by Gasteiger charge is -2.46. The molecule has 1 fully saturated rings. The van der Waals surface area contributed by atoms with Crippen LogP contribution < -0.4 is 9.46 Å². The van der Waals surface area contributed by atoms with Gasteiger partial charge in [-0.05, 0) is 37.9 Å². The van der Waals surface area contributed by atoms with E-state index in [1.165, 1.54) is 18.5 Å². The molecule has 0 radical (unpaired) electrons. The maximum absolute atomic E-state index is 13.6. The maximum Gasteiger partial charge on any atom is 0.391 e. The SMILES string of the molecule is C=C(/C=C\C=C/C)[C@H]1C[C@@H](C(F)(F)F)CCN1[C@H]1CCOc2cc(S(=O)(=O)Nc3ncns3)ccc21. The van der Waals surface area contributed by atoms with E-state index in [4.69, 9.17) is 4.74 Å². The molecule has 12 heteroatoms. The zero-order valence-electron chi connectivity index (χ0n) is 19.6. The number of sulfonamides is 1. The summed E-state index contributed by atoms with van der Waals surface area (Å²) in [4.78, 5) is 5.90. The van der Waals surface area contributed by atoms with Crippen LogP contribution in [0, 0.1) is 5.92 Å². The number of hydrogen-bond acceptors (Lipinski definition) is 7. The number of alkyl halides is 3. The van der Waals surface area contributed by atoms with Gasteiger partial charge in [-0.1, -0.05) is 36.9 Å². The van der Waals surface area contributed by atoms with Crippen LogP contribution in [0.15, 0.2) is 65.9 Å². The molecule has 0 spiro atoms. The first-order valence-electron chi connectivity index (χ1n) is 11.5. The van der Waals surface area contributed by atoms with Crippen LogP contribution in [0.2, 0.25) is 0 Å². The fourth-order valence-electron chi connectivity index (χ4n) is 4.67. The van der Waals surface area contributed by atoms with Gasteiger partial charge in [0.2, 0.25) is 5.13 Å². The van der Waals surface area contributed by atoms with Gasteiger partial charge in [0.25, 0.3) is 10.0 Å². The van der Waals surface area contributed by atoms with Crippen molar-refractivity contribution in [2.45, 2.75) is 49.3 Å². The molecule has 0 bridgehead atoms. The average Bonchev–Trinajstić information content (AvgIpc) is 3.35. The largest absolute Gasteiger partial charge is 0.493 e. The van der Waals surface area contributed by atoms with Crippen LogP contribution >= 0.6 is 11.5 Å². The number of nitrogens with one attached hydrogen (secondary N) is 1. The van der Waals surface area contributed by atoms with Crippen molar-refractivity contribution in [3.05, 3.63) is 66.5 Å². The summed E-state index contributed by atoms with van der Waals surface area (Å²) in [5.74, 6) is -0.998. The topological polar surface area (TPSA) is 84.4 Å². The number of fused-ring (bicyclic) bond motifs is 1. The molecule has 2 aliphatic heterocycles. The molecule has 0 amide bonds. The Bertz CT molecular complexity index is 1240. The molecule has 4 rings (SSSR count). The summed E-state index contributed by atoms with van der Waals surface area (Å²) in [5, 5.41) is 0.145. The summed E-state index contributed by atoms with van der Waals surface area (Å²) in [6, 6.07) is 3.86. The maximum atomic E-state index is 13.6. The van der Waals surface area contributed by atoms with E-state index in [-0.39, 0.29) is 35.5 Å². The summed E-state index contributed by atoms with van der Waals surface area (Å²) >= 11 is 0.917. The second-order valence-corrected chi connectivity index (χ2v) is 11.1. The highest BCUT2D eigenvalue weighted by Gasteiger charge is 2.46. The van der Waals surface area contributed by atoms with Crippen molar-refractivity contribution >= 4 is 26.7 Å². The molecule has 0 saturated carbocycles. The van der Waals surface area contributed by atoms with Crippen molar-refractivity contribution < 1.29 is 26.3 Å². The van der Waals surface area contributed by atoms with Crippen molar-refractivity contribution in [1.29, 1.82) is 0 Å². The number of aromatic nitrogens is 2. The Balaban J connectivity index is 1.63. The van der Waals surface area contributed by atoms with Gasteiger partial charge in [-0.2, -0.15) is 17.5 Å². The Morgan fingerprint density at radius 3 is 2.81 bits per heavy atom. The molecular weight excluding hydrogens is 513 g/mol. The minimum Gasteiger partial charge on any atom is -0.493 e. The van der Waals surface area contributed by atoms with E-state index in [1.54, 1.807) is 24.3 Å². The van der Waals surface area contributed by atoms with Gasteiger partial charge < -0.3 is 4.74 Å². The van der Waals surface area contributed by atoms with Crippen molar-refractivity contribution in [1.82, 2.24) is 14.3 Å². The molecule has 7 nitrogen and oxygen atoms in total. The summed E-state index contributed by atoms with van der Waals surface area (Å²) in [6.45, 7) is 6.51. The predicted molar refractivity (Wildman–Crippen MR) is 132 cm³/mol. The Morgan fingerprint density at radius 1 is 1.31 bits per heavy atom. The van der Waals surface area contributed by atoms with Gasteiger partial charge in [0.05, 0.1) is 17.4 Å². The number of likely N-dealkylation sites (tertiary alicyclic amines) is 1. The molecular formula is C24H27F3N4O3S2. The highest BCUT2D eigenvalue weighted by atomic mass is 32.2. The molecule has 2 aliphatic rings. The first kappa shape index (κ1) is 26.4. The van der Waals surface area contributed by atoms with E-state index in [9.17, 15) is 21.6 Å². The van der Waals surface area contributed by atoms with E-state index >= 15 is 0 Å². The molecule has 2 aromatic rings. The van der Waals surface area contributed by atoms with Gasteiger partial charge in [0.1, 0.15) is 12.1 Å². The minimum absolute atomic E-state index is 0.00289. The lowest BCUT2D eigenvalue weighted by molar-refractivity contribution is -0.190. The number of halogens is 3. The van der Waals surface area contributed by atoms with Crippen LogP contribution in [-0.2, 0) is 10.0 Å². The third-order valence-corrected chi connectivity index (χ3v) is 8.48. The molecule has 0 aliphatic carbocycles. The quantitative estimate of drug-likeness (QED) is 0.468. The van der Waals surface area contributed by atoms with Gasteiger partial charge >= 0.3 is 6.18 Å². The molecule has 3 atom stereocenters. The molecule has 1 aromatic carbocycles. The number of ether oxygens (including phenoxy) is 1. The van der Waals surface area contributed by atoms with Crippen molar-refractivity contribution in [3.8, 4) is 5.75 Å². The van der Waals surface area contributed by atoms with Crippen LogP contribution in [0.3, 0.4) is 0 Å². The van der Waals surface area contributed by atoms with Crippen LogP contribution in [0.4, 0.5) is 18.3 Å². The van der Waals surface area contributed by atoms with Crippen LogP contribution in [0.25, 0.3) is 0 Å². The highest BCUT2D eigenvalue weighted by Crippen LogP contribution is 2.45. The summed E-state index contributed by atoms with van der Waals surface area (Å²) in [6.07, 6.45) is 4.65. The van der Waals surface area contributed by atoms with Gasteiger partial charge in [-0.25, -0.2) is 13.4 Å². The second-order valence-electron chi connectivity index (χ2n) is 8.68. The fraction of sp³-hybridized carbons (Fsp3) is 0.417. The monoisotopic (exact) mass is 540 g/mol. The number of hydrogen-bond donors (Lipinski definition) is 1. The molecule has 3 heterocycles. The van der Waals surface area contributed by atoms with E-state index in [0.29, 0.717) is 24.4 Å². The summed E-state index contributed by atoms with van der Waals surface area (Å²) in [5.41, 5.74) is 1.35. The third kappa shape index (κ3) is 5.81. The molecule has 1 N–H and O–H groups in total. The Labute approximate surface area is 212 Å². The predicted octanol–water partition coefficient (Wildman–Crippen LogP) is 5.49. The van der Waals surface area contributed by atoms with Gasteiger partial charge in [0.15, 0.2) is 0 Å². The van der Waals surface area contributed by atoms with Crippen LogP contribution in [0.1, 0.15) is 37.8 Å². The summed E-state index contributed by atoms with van der Waals surface area (Å²) in [7, 11) is -3.91. The number of rotatable bonds is 7. The molecule has 194 valence electrons. The first-order valence-corrected chi connectivity index (χ1v) is 13.7.